The molecular formula is C22H25NO6. The highest BCUT2D eigenvalue weighted by molar-refractivity contribution is 5.99. The van der Waals surface area contributed by atoms with Gasteiger partial charge in [-0.15, -0.1) is 0 Å². The molecule has 2 aromatic rings. The molecule has 0 aliphatic carbocycles. The minimum atomic E-state index is -0.885. The summed E-state index contributed by atoms with van der Waals surface area (Å²) in [5.41, 5.74) is 2.43. The van der Waals surface area contributed by atoms with Crippen molar-refractivity contribution in [3.8, 4) is 11.5 Å². The van der Waals surface area contributed by atoms with Crippen LogP contribution in [0.15, 0.2) is 30.3 Å². The summed E-state index contributed by atoms with van der Waals surface area (Å²) in [5.74, 6) is 0.235. The van der Waals surface area contributed by atoms with E-state index in [9.17, 15) is 9.59 Å². The number of fused-ring (bicyclic) bond motifs is 1. The Labute approximate surface area is 169 Å². The first-order chi connectivity index (χ1) is 14.0. The summed E-state index contributed by atoms with van der Waals surface area (Å²) in [7, 11) is 0. The molecule has 3 heterocycles. The second-order valence-electron chi connectivity index (χ2n) is 7.43. The first-order valence-corrected chi connectivity index (χ1v) is 9.89. The number of aryl methyl sites for hydroxylation is 1. The van der Waals surface area contributed by atoms with Gasteiger partial charge < -0.3 is 23.5 Å². The van der Waals surface area contributed by atoms with Gasteiger partial charge in [0.05, 0.1) is 6.10 Å². The number of nitrogens with zero attached hydrogens (tertiary/aromatic N) is 1. The topological polar surface area (TPSA) is 76.0 Å². The number of benzene rings is 1. The summed E-state index contributed by atoms with van der Waals surface area (Å²) >= 11 is 0. The highest BCUT2D eigenvalue weighted by Gasteiger charge is 2.29. The standard InChI is InChI=1S/C22H25NO6/c1-14-10-17(15(2)23(14)11-16-6-5-9-26-16)18(24)12-28-22(25)21-13-27-19-7-3-4-8-20(19)29-21/h3-4,7-8,10,16,21H,5-6,9,11-13H2,1-2H3/t16-,21+/m0/s1. The van der Waals surface area contributed by atoms with E-state index >= 15 is 0 Å². The molecule has 4 rings (SSSR count). The van der Waals surface area contributed by atoms with Crippen LogP contribution in [-0.2, 0) is 20.8 Å². The molecule has 1 aromatic carbocycles. The highest BCUT2D eigenvalue weighted by atomic mass is 16.6. The van der Waals surface area contributed by atoms with Crippen molar-refractivity contribution < 1.29 is 28.5 Å². The molecule has 7 heteroatoms. The van der Waals surface area contributed by atoms with Crippen LogP contribution in [0, 0.1) is 13.8 Å². The predicted octanol–water partition coefficient (Wildman–Crippen LogP) is 2.85. The van der Waals surface area contributed by atoms with Gasteiger partial charge >= 0.3 is 5.97 Å². The fraction of sp³-hybridized carbons (Fsp3) is 0.455. The van der Waals surface area contributed by atoms with Crippen LogP contribution >= 0.6 is 0 Å². The summed E-state index contributed by atoms with van der Waals surface area (Å²) < 4.78 is 24.2. The normalized spacial score (nSPS) is 20.5. The van der Waals surface area contributed by atoms with E-state index in [0.717, 1.165) is 37.4 Å². The Morgan fingerprint density at radius 3 is 2.76 bits per heavy atom. The Morgan fingerprint density at radius 1 is 1.21 bits per heavy atom. The molecule has 154 valence electrons. The van der Waals surface area contributed by atoms with Crippen molar-refractivity contribution >= 4 is 11.8 Å². The van der Waals surface area contributed by atoms with Crippen molar-refractivity contribution in [2.75, 3.05) is 19.8 Å². The zero-order valence-electron chi connectivity index (χ0n) is 16.7. The predicted molar refractivity (Wildman–Crippen MR) is 105 cm³/mol. The number of para-hydroxylation sites is 2. The maximum atomic E-state index is 12.7. The van der Waals surface area contributed by atoms with Gasteiger partial charge in [0, 0.05) is 30.1 Å². The third-order valence-electron chi connectivity index (χ3n) is 5.40. The van der Waals surface area contributed by atoms with Crippen LogP contribution in [0.3, 0.4) is 0 Å². The van der Waals surface area contributed by atoms with Crippen molar-refractivity contribution in [2.24, 2.45) is 0 Å². The van der Waals surface area contributed by atoms with E-state index in [1.165, 1.54) is 0 Å². The van der Waals surface area contributed by atoms with E-state index < -0.39 is 12.1 Å². The molecular weight excluding hydrogens is 374 g/mol. The van der Waals surface area contributed by atoms with Crippen LogP contribution < -0.4 is 9.47 Å². The lowest BCUT2D eigenvalue weighted by atomic mass is 10.1. The Morgan fingerprint density at radius 2 is 2.00 bits per heavy atom. The van der Waals surface area contributed by atoms with Crippen LogP contribution in [0.5, 0.6) is 11.5 Å². The van der Waals surface area contributed by atoms with Crippen molar-refractivity contribution in [3.05, 3.63) is 47.3 Å². The molecule has 0 bridgehead atoms. The van der Waals surface area contributed by atoms with E-state index in [-0.39, 0.29) is 25.1 Å². The molecule has 29 heavy (non-hydrogen) atoms. The molecule has 0 radical (unpaired) electrons. The number of hydrogen-bond acceptors (Lipinski definition) is 6. The van der Waals surface area contributed by atoms with Gasteiger partial charge in [0.1, 0.15) is 6.61 Å². The molecule has 0 N–H and O–H groups in total. The summed E-state index contributed by atoms with van der Waals surface area (Å²) in [5, 5.41) is 0. The maximum Gasteiger partial charge on any atom is 0.351 e. The number of esters is 1. The number of ether oxygens (including phenoxy) is 4. The first-order valence-electron chi connectivity index (χ1n) is 9.89. The third kappa shape index (κ3) is 4.15. The number of hydrogen-bond donors (Lipinski definition) is 0. The molecule has 2 atom stereocenters. The molecule has 1 fully saturated rings. The van der Waals surface area contributed by atoms with E-state index in [0.29, 0.717) is 17.1 Å². The summed E-state index contributed by atoms with van der Waals surface area (Å²) in [4.78, 5) is 25.0. The van der Waals surface area contributed by atoms with E-state index in [2.05, 4.69) is 4.57 Å². The van der Waals surface area contributed by atoms with E-state index in [1.54, 1.807) is 18.2 Å². The number of ketones is 1. The first kappa shape index (κ1) is 19.5. The average Bonchev–Trinajstić information content (AvgIpc) is 3.35. The van der Waals surface area contributed by atoms with Crippen molar-refractivity contribution in [1.82, 2.24) is 4.57 Å². The van der Waals surface area contributed by atoms with Crippen LogP contribution in [0.25, 0.3) is 0 Å². The van der Waals surface area contributed by atoms with Gasteiger partial charge in [-0.3, -0.25) is 4.79 Å². The number of rotatable bonds is 6. The number of carbonyl (C=O) groups is 2. The molecule has 0 unspecified atom stereocenters. The van der Waals surface area contributed by atoms with Crippen LogP contribution in [0.4, 0.5) is 0 Å². The second-order valence-corrected chi connectivity index (χ2v) is 7.43. The van der Waals surface area contributed by atoms with Gasteiger partial charge in [-0.05, 0) is 44.9 Å². The Bertz CT molecular complexity index is 912. The van der Waals surface area contributed by atoms with Crippen LogP contribution in [-0.4, -0.2) is 48.3 Å². The van der Waals surface area contributed by atoms with Crippen molar-refractivity contribution in [2.45, 2.75) is 45.4 Å². The summed E-state index contributed by atoms with van der Waals surface area (Å²) in [6.45, 7) is 5.13. The fourth-order valence-corrected chi connectivity index (χ4v) is 3.80. The Balaban J connectivity index is 1.35. The zero-order valence-corrected chi connectivity index (χ0v) is 16.7. The minimum absolute atomic E-state index is 0.0555. The zero-order chi connectivity index (χ0) is 20.4. The van der Waals surface area contributed by atoms with Crippen molar-refractivity contribution in [3.63, 3.8) is 0 Å². The molecule has 2 aliphatic heterocycles. The highest BCUT2D eigenvalue weighted by Crippen LogP contribution is 2.31. The largest absolute Gasteiger partial charge is 0.485 e. The minimum Gasteiger partial charge on any atom is -0.485 e. The molecule has 1 aromatic heterocycles. The molecule has 0 saturated carbocycles. The lowest BCUT2D eigenvalue weighted by Gasteiger charge is -2.24. The van der Waals surface area contributed by atoms with E-state index in [4.69, 9.17) is 18.9 Å². The van der Waals surface area contributed by atoms with Gasteiger partial charge in [0.15, 0.2) is 18.1 Å². The molecule has 0 spiro atoms. The second kappa shape index (κ2) is 8.29. The number of Topliss-reactive ketones (excluding diaryl/α,β-unsaturated/α-hetero) is 1. The lowest BCUT2D eigenvalue weighted by Crippen LogP contribution is -2.38. The Kier molecular flexibility index (Phi) is 5.58. The SMILES string of the molecule is Cc1cc(C(=O)COC(=O)[C@H]2COc3ccccc3O2)c(C)n1C[C@@H]1CCCO1. The van der Waals surface area contributed by atoms with E-state index in [1.807, 2.05) is 26.0 Å². The fourth-order valence-electron chi connectivity index (χ4n) is 3.80. The Hall–Kier alpha value is -2.80. The summed E-state index contributed by atoms with van der Waals surface area (Å²) in [6.07, 6.45) is 1.41. The third-order valence-corrected chi connectivity index (χ3v) is 5.40. The molecule has 1 saturated heterocycles. The van der Waals surface area contributed by atoms with Gasteiger partial charge in [-0.25, -0.2) is 4.79 Å². The summed E-state index contributed by atoms with van der Waals surface area (Å²) in [6, 6.07) is 8.97. The average molecular weight is 399 g/mol. The van der Waals surface area contributed by atoms with Crippen LogP contribution in [0.1, 0.15) is 34.6 Å². The lowest BCUT2D eigenvalue weighted by molar-refractivity contribution is -0.153. The molecule has 2 aliphatic rings. The smallest absolute Gasteiger partial charge is 0.351 e. The molecule has 7 nitrogen and oxygen atoms in total. The number of carbonyl (C=O) groups excluding carboxylic acids is 2. The monoisotopic (exact) mass is 399 g/mol. The molecule has 0 amide bonds. The van der Waals surface area contributed by atoms with Gasteiger partial charge in [0.2, 0.25) is 11.9 Å². The van der Waals surface area contributed by atoms with Crippen molar-refractivity contribution in [1.29, 1.82) is 0 Å². The quantitative estimate of drug-likeness (QED) is 0.549. The van der Waals surface area contributed by atoms with Gasteiger partial charge in [-0.2, -0.15) is 0 Å². The van der Waals surface area contributed by atoms with Gasteiger partial charge in [0.25, 0.3) is 0 Å². The maximum absolute atomic E-state index is 12.7. The van der Waals surface area contributed by atoms with Crippen LogP contribution in [0.2, 0.25) is 0 Å². The number of aromatic nitrogens is 1. The van der Waals surface area contributed by atoms with Gasteiger partial charge in [-0.1, -0.05) is 12.1 Å².